The van der Waals surface area contributed by atoms with E-state index in [0.29, 0.717) is 6.54 Å². The van der Waals surface area contributed by atoms with Gasteiger partial charge in [0.15, 0.2) is 5.96 Å². The van der Waals surface area contributed by atoms with E-state index in [4.69, 9.17) is 0 Å². The standard InChI is InChI=1S/C19H27BrN6/c1-3-21-18(22-12-17-24-14-25-26(17)2)23-13-19(10-4-5-11-19)15-6-8-16(20)9-7-15/h6-9,14H,3-5,10-13H2,1-2H3,(H2,21,22,23). The molecule has 2 aromatic rings. The summed E-state index contributed by atoms with van der Waals surface area (Å²) in [7, 11) is 1.89. The van der Waals surface area contributed by atoms with Crippen LogP contribution in [0.5, 0.6) is 0 Å². The van der Waals surface area contributed by atoms with Crippen LogP contribution in [0.15, 0.2) is 40.1 Å². The van der Waals surface area contributed by atoms with Crippen LogP contribution in [0.1, 0.15) is 44.0 Å². The number of guanidine groups is 1. The van der Waals surface area contributed by atoms with Crippen molar-refractivity contribution in [2.75, 3.05) is 13.1 Å². The third-order valence-electron chi connectivity index (χ3n) is 5.14. The lowest BCUT2D eigenvalue weighted by molar-refractivity contribution is 0.431. The highest BCUT2D eigenvalue weighted by Crippen LogP contribution is 2.40. The van der Waals surface area contributed by atoms with Gasteiger partial charge in [0, 0.05) is 30.0 Å². The van der Waals surface area contributed by atoms with Crippen molar-refractivity contribution in [3.63, 3.8) is 0 Å². The summed E-state index contributed by atoms with van der Waals surface area (Å²) in [4.78, 5) is 8.92. The lowest BCUT2D eigenvalue weighted by Crippen LogP contribution is -2.44. The molecule has 0 amide bonds. The Balaban J connectivity index is 1.71. The van der Waals surface area contributed by atoms with Gasteiger partial charge < -0.3 is 10.6 Å². The van der Waals surface area contributed by atoms with Crippen molar-refractivity contribution in [1.29, 1.82) is 0 Å². The van der Waals surface area contributed by atoms with E-state index in [2.05, 4.69) is 72.8 Å². The summed E-state index contributed by atoms with van der Waals surface area (Å²) >= 11 is 3.54. The van der Waals surface area contributed by atoms with Crippen LogP contribution < -0.4 is 10.6 Å². The Kier molecular flexibility index (Phi) is 6.29. The van der Waals surface area contributed by atoms with Gasteiger partial charge in [-0.2, -0.15) is 5.10 Å². The van der Waals surface area contributed by atoms with Gasteiger partial charge in [0.2, 0.25) is 0 Å². The minimum Gasteiger partial charge on any atom is -0.357 e. The molecular formula is C19H27BrN6. The highest BCUT2D eigenvalue weighted by molar-refractivity contribution is 9.10. The van der Waals surface area contributed by atoms with Gasteiger partial charge in [0.25, 0.3) is 0 Å². The summed E-state index contributed by atoms with van der Waals surface area (Å²) in [6.45, 7) is 4.31. The minimum atomic E-state index is 0.182. The van der Waals surface area contributed by atoms with Crippen LogP contribution in [-0.2, 0) is 19.0 Å². The SMILES string of the molecule is CCNC(=NCc1ncnn1C)NCC1(c2ccc(Br)cc2)CCCC1. The predicted molar refractivity (Wildman–Crippen MR) is 108 cm³/mol. The molecule has 2 N–H and O–H groups in total. The molecule has 140 valence electrons. The summed E-state index contributed by atoms with van der Waals surface area (Å²) in [5.41, 5.74) is 1.59. The first-order valence-corrected chi connectivity index (χ1v) is 10.0. The third kappa shape index (κ3) is 4.44. The number of nitrogens with zero attached hydrogens (tertiary/aromatic N) is 4. The van der Waals surface area contributed by atoms with Crippen molar-refractivity contribution in [1.82, 2.24) is 25.4 Å². The lowest BCUT2D eigenvalue weighted by Gasteiger charge is -2.31. The van der Waals surface area contributed by atoms with Crippen molar-refractivity contribution in [2.24, 2.45) is 12.0 Å². The molecule has 6 nitrogen and oxygen atoms in total. The Bertz CT molecular complexity index is 731. The van der Waals surface area contributed by atoms with Crippen LogP contribution in [0.2, 0.25) is 0 Å². The number of hydrogen-bond acceptors (Lipinski definition) is 3. The van der Waals surface area contributed by atoms with Gasteiger partial charge >= 0.3 is 0 Å². The number of halogens is 1. The molecule has 0 saturated heterocycles. The Morgan fingerprint density at radius 1 is 1.23 bits per heavy atom. The Labute approximate surface area is 163 Å². The molecule has 1 aromatic carbocycles. The molecule has 0 aliphatic heterocycles. The number of aliphatic imine (C=N–C) groups is 1. The molecule has 0 unspecified atom stereocenters. The molecule has 1 fully saturated rings. The van der Waals surface area contributed by atoms with Crippen molar-refractivity contribution in [2.45, 2.75) is 44.6 Å². The maximum atomic E-state index is 4.68. The first kappa shape index (κ1) is 18.9. The first-order valence-electron chi connectivity index (χ1n) is 9.24. The minimum absolute atomic E-state index is 0.182. The highest BCUT2D eigenvalue weighted by atomic mass is 79.9. The zero-order valence-electron chi connectivity index (χ0n) is 15.5. The number of rotatable bonds is 6. The van der Waals surface area contributed by atoms with Crippen LogP contribution in [-0.4, -0.2) is 33.8 Å². The van der Waals surface area contributed by atoms with Gasteiger partial charge in [0.1, 0.15) is 18.7 Å². The second kappa shape index (κ2) is 8.66. The fraction of sp³-hybridized carbons (Fsp3) is 0.526. The van der Waals surface area contributed by atoms with Crippen LogP contribution in [0, 0.1) is 0 Å². The zero-order valence-corrected chi connectivity index (χ0v) is 17.1. The third-order valence-corrected chi connectivity index (χ3v) is 5.67. The van der Waals surface area contributed by atoms with Gasteiger partial charge in [0.05, 0.1) is 0 Å². The average molecular weight is 419 g/mol. The van der Waals surface area contributed by atoms with E-state index in [-0.39, 0.29) is 5.41 Å². The average Bonchev–Trinajstić information content (AvgIpc) is 3.28. The van der Waals surface area contributed by atoms with Crippen molar-refractivity contribution in [3.8, 4) is 0 Å². The predicted octanol–water partition coefficient (Wildman–Crippen LogP) is 3.14. The van der Waals surface area contributed by atoms with E-state index in [9.17, 15) is 0 Å². The fourth-order valence-electron chi connectivity index (χ4n) is 3.63. The number of hydrogen-bond donors (Lipinski definition) is 2. The van der Waals surface area contributed by atoms with Crippen molar-refractivity contribution < 1.29 is 0 Å². The van der Waals surface area contributed by atoms with E-state index >= 15 is 0 Å². The van der Waals surface area contributed by atoms with Crippen LogP contribution in [0.3, 0.4) is 0 Å². The Morgan fingerprint density at radius 2 is 1.96 bits per heavy atom. The fourth-order valence-corrected chi connectivity index (χ4v) is 3.89. The zero-order chi connectivity index (χ0) is 18.4. The maximum Gasteiger partial charge on any atom is 0.191 e. The van der Waals surface area contributed by atoms with E-state index in [1.54, 1.807) is 11.0 Å². The summed E-state index contributed by atoms with van der Waals surface area (Å²) in [6.07, 6.45) is 6.55. The quantitative estimate of drug-likeness (QED) is 0.558. The lowest BCUT2D eigenvalue weighted by atomic mass is 9.79. The molecule has 7 heteroatoms. The number of benzene rings is 1. The van der Waals surface area contributed by atoms with Crippen LogP contribution in [0.4, 0.5) is 0 Å². The molecule has 0 spiro atoms. The molecule has 0 atom stereocenters. The van der Waals surface area contributed by atoms with E-state index < -0.39 is 0 Å². The van der Waals surface area contributed by atoms with Gasteiger partial charge in [-0.25, -0.2) is 9.98 Å². The summed E-state index contributed by atoms with van der Waals surface area (Å²) in [5, 5.41) is 11.0. The molecule has 0 radical (unpaired) electrons. The van der Waals surface area contributed by atoms with Gasteiger partial charge in [-0.05, 0) is 37.5 Å². The largest absolute Gasteiger partial charge is 0.357 e. The molecule has 1 saturated carbocycles. The van der Waals surface area contributed by atoms with Gasteiger partial charge in [-0.3, -0.25) is 4.68 Å². The van der Waals surface area contributed by atoms with Gasteiger partial charge in [-0.1, -0.05) is 40.9 Å². The van der Waals surface area contributed by atoms with E-state index in [0.717, 1.165) is 29.3 Å². The molecule has 1 heterocycles. The van der Waals surface area contributed by atoms with Crippen LogP contribution >= 0.6 is 15.9 Å². The highest BCUT2D eigenvalue weighted by Gasteiger charge is 2.35. The number of aromatic nitrogens is 3. The first-order chi connectivity index (χ1) is 12.6. The molecule has 1 aliphatic rings. The summed E-state index contributed by atoms with van der Waals surface area (Å²) < 4.78 is 2.88. The second-order valence-electron chi connectivity index (χ2n) is 6.84. The van der Waals surface area contributed by atoms with E-state index in [1.165, 1.54) is 31.2 Å². The number of aryl methyl sites for hydroxylation is 1. The van der Waals surface area contributed by atoms with E-state index in [1.807, 2.05) is 7.05 Å². The molecule has 3 rings (SSSR count). The summed E-state index contributed by atoms with van der Waals surface area (Å²) in [5.74, 6) is 1.68. The molecule has 26 heavy (non-hydrogen) atoms. The van der Waals surface area contributed by atoms with Gasteiger partial charge in [-0.15, -0.1) is 0 Å². The normalized spacial score (nSPS) is 16.7. The van der Waals surface area contributed by atoms with Crippen molar-refractivity contribution >= 4 is 21.9 Å². The summed E-state index contributed by atoms with van der Waals surface area (Å²) in [6, 6.07) is 8.78. The molecule has 0 bridgehead atoms. The molecule has 1 aromatic heterocycles. The smallest absolute Gasteiger partial charge is 0.191 e. The maximum absolute atomic E-state index is 4.68. The Morgan fingerprint density at radius 3 is 2.58 bits per heavy atom. The second-order valence-corrected chi connectivity index (χ2v) is 7.76. The molecule has 1 aliphatic carbocycles. The molecular weight excluding hydrogens is 392 g/mol. The number of nitrogens with one attached hydrogen (secondary N) is 2. The monoisotopic (exact) mass is 418 g/mol. The Hall–Kier alpha value is -1.89. The van der Waals surface area contributed by atoms with Crippen LogP contribution in [0.25, 0.3) is 0 Å². The van der Waals surface area contributed by atoms with Crippen molar-refractivity contribution in [3.05, 3.63) is 46.5 Å². The topological polar surface area (TPSA) is 67.1 Å².